The summed E-state index contributed by atoms with van der Waals surface area (Å²) >= 11 is 0. The van der Waals surface area contributed by atoms with Crippen LogP contribution in [0.2, 0.25) is 0 Å². The molecule has 6 nitrogen and oxygen atoms in total. The van der Waals surface area contributed by atoms with Crippen LogP contribution in [0.25, 0.3) is 16.2 Å². The Labute approximate surface area is 161 Å². The third-order valence-electron chi connectivity index (χ3n) is 4.85. The molecule has 28 heavy (non-hydrogen) atoms. The van der Waals surface area contributed by atoms with Crippen LogP contribution in [0.4, 0.5) is 10.1 Å². The second kappa shape index (κ2) is 7.61. The van der Waals surface area contributed by atoms with Crippen LogP contribution in [0.3, 0.4) is 0 Å². The molecule has 7 heteroatoms. The van der Waals surface area contributed by atoms with E-state index in [0.29, 0.717) is 41.6 Å². The average Bonchev–Trinajstić information content (AvgIpc) is 3.24. The SMILES string of the molecule is [C-]#[N+]c1ccc(C(=O)N2CCC[C@H](c3nc(-c4ccc(F)cc4)no3)C2)cc1. The molecule has 2 heterocycles. The van der Waals surface area contributed by atoms with Crippen LogP contribution >= 0.6 is 0 Å². The average molecular weight is 376 g/mol. The Morgan fingerprint density at radius 1 is 1.18 bits per heavy atom. The third kappa shape index (κ3) is 3.62. The van der Waals surface area contributed by atoms with E-state index in [4.69, 9.17) is 11.1 Å². The molecule has 0 spiro atoms. The first-order chi connectivity index (χ1) is 13.6. The van der Waals surface area contributed by atoms with Crippen molar-refractivity contribution in [1.82, 2.24) is 15.0 Å². The smallest absolute Gasteiger partial charge is 0.253 e. The van der Waals surface area contributed by atoms with E-state index in [0.717, 1.165) is 12.8 Å². The number of carbonyl (C=O) groups is 1. The van der Waals surface area contributed by atoms with Gasteiger partial charge in [-0.15, -0.1) is 0 Å². The second-order valence-corrected chi connectivity index (χ2v) is 6.71. The Kier molecular flexibility index (Phi) is 4.85. The molecule has 1 aliphatic heterocycles. The van der Waals surface area contributed by atoms with Crippen LogP contribution in [0.1, 0.15) is 35.0 Å². The fraction of sp³-hybridized carbons (Fsp3) is 0.238. The van der Waals surface area contributed by atoms with Crippen LogP contribution in [0, 0.1) is 12.4 Å². The molecule has 1 saturated heterocycles. The van der Waals surface area contributed by atoms with Crippen molar-refractivity contribution in [1.29, 1.82) is 0 Å². The zero-order valence-corrected chi connectivity index (χ0v) is 15.0. The zero-order chi connectivity index (χ0) is 19.5. The van der Waals surface area contributed by atoms with E-state index in [1.807, 2.05) is 0 Å². The number of benzene rings is 2. The number of aromatic nitrogens is 2. The molecule has 3 aromatic rings. The Balaban J connectivity index is 1.48. The van der Waals surface area contributed by atoms with Gasteiger partial charge in [0.15, 0.2) is 5.69 Å². The van der Waals surface area contributed by atoms with Gasteiger partial charge in [0.2, 0.25) is 11.7 Å². The predicted molar refractivity (Wildman–Crippen MR) is 100 cm³/mol. The topological polar surface area (TPSA) is 63.6 Å². The standard InChI is InChI=1S/C21H17FN4O2/c1-23-18-10-6-15(7-11-18)21(27)26-12-2-3-16(13-26)20-24-19(25-28-20)14-4-8-17(22)9-5-14/h4-11,16H,2-3,12-13H2/t16-/m0/s1. The van der Waals surface area contributed by atoms with E-state index in [1.165, 1.54) is 12.1 Å². The summed E-state index contributed by atoms with van der Waals surface area (Å²) in [5, 5.41) is 4.00. The molecule has 0 radical (unpaired) electrons. The van der Waals surface area contributed by atoms with Crippen LogP contribution in [-0.2, 0) is 0 Å². The van der Waals surface area contributed by atoms with Gasteiger partial charge in [0.05, 0.1) is 12.5 Å². The lowest BCUT2D eigenvalue weighted by Gasteiger charge is -2.31. The van der Waals surface area contributed by atoms with Crippen molar-refractivity contribution >= 4 is 11.6 Å². The van der Waals surface area contributed by atoms with E-state index in [-0.39, 0.29) is 17.6 Å². The lowest BCUT2D eigenvalue weighted by Crippen LogP contribution is -2.39. The number of likely N-dealkylation sites (tertiary alicyclic amines) is 1. The Bertz CT molecular complexity index is 1020. The number of amides is 1. The summed E-state index contributed by atoms with van der Waals surface area (Å²) in [6.07, 6.45) is 1.69. The van der Waals surface area contributed by atoms with E-state index in [2.05, 4.69) is 15.0 Å². The van der Waals surface area contributed by atoms with E-state index in [9.17, 15) is 9.18 Å². The summed E-state index contributed by atoms with van der Waals surface area (Å²) in [5.74, 6) is 0.466. The maximum Gasteiger partial charge on any atom is 0.253 e. The predicted octanol–water partition coefficient (Wildman–Crippen LogP) is 4.45. The number of carbonyl (C=O) groups excluding carboxylic acids is 1. The molecular formula is C21H17FN4O2. The largest absolute Gasteiger partial charge is 0.339 e. The van der Waals surface area contributed by atoms with Gasteiger partial charge in [-0.3, -0.25) is 4.79 Å². The summed E-state index contributed by atoms with van der Waals surface area (Å²) in [5.41, 5.74) is 1.75. The molecule has 1 aromatic heterocycles. The molecule has 2 aromatic carbocycles. The van der Waals surface area contributed by atoms with Gasteiger partial charge in [-0.25, -0.2) is 9.24 Å². The first-order valence-electron chi connectivity index (χ1n) is 9.00. The molecule has 0 aliphatic carbocycles. The quantitative estimate of drug-likeness (QED) is 0.634. The van der Waals surface area contributed by atoms with Gasteiger partial charge in [-0.05, 0) is 37.1 Å². The molecule has 1 atom stereocenters. The highest BCUT2D eigenvalue weighted by molar-refractivity contribution is 5.94. The van der Waals surface area contributed by atoms with Gasteiger partial charge >= 0.3 is 0 Å². The van der Waals surface area contributed by atoms with Crippen molar-refractivity contribution in [2.75, 3.05) is 13.1 Å². The van der Waals surface area contributed by atoms with Gasteiger partial charge < -0.3 is 9.42 Å². The van der Waals surface area contributed by atoms with E-state index in [1.54, 1.807) is 41.3 Å². The molecule has 0 N–H and O–H groups in total. The fourth-order valence-electron chi connectivity index (χ4n) is 3.34. The first kappa shape index (κ1) is 17.9. The van der Waals surface area contributed by atoms with Gasteiger partial charge in [0.1, 0.15) is 5.82 Å². The third-order valence-corrected chi connectivity index (χ3v) is 4.85. The number of rotatable bonds is 3. The van der Waals surface area contributed by atoms with Gasteiger partial charge in [-0.1, -0.05) is 29.4 Å². The van der Waals surface area contributed by atoms with Crippen molar-refractivity contribution in [3.8, 4) is 11.4 Å². The number of nitrogens with zero attached hydrogens (tertiary/aromatic N) is 4. The summed E-state index contributed by atoms with van der Waals surface area (Å²) in [7, 11) is 0. The minimum atomic E-state index is -0.321. The number of halogens is 1. The normalized spacial score (nSPS) is 16.6. The molecular weight excluding hydrogens is 359 g/mol. The Morgan fingerprint density at radius 3 is 2.64 bits per heavy atom. The van der Waals surface area contributed by atoms with Gasteiger partial charge in [0.25, 0.3) is 5.91 Å². The number of hydrogen-bond donors (Lipinski definition) is 0. The fourth-order valence-corrected chi connectivity index (χ4v) is 3.34. The summed E-state index contributed by atoms with van der Waals surface area (Å²) in [6, 6.07) is 12.6. The highest BCUT2D eigenvalue weighted by Crippen LogP contribution is 2.28. The van der Waals surface area contributed by atoms with Crippen LogP contribution in [0.5, 0.6) is 0 Å². The molecule has 0 bridgehead atoms. The molecule has 1 fully saturated rings. The minimum absolute atomic E-state index is 0.0399. The van der Waals surface area contributed by atoms with Crippen molar-refractivity contribution in [2.24, 2.45) is 0 Å². The zero-order valence-electron chi connectivity index (χ0n) is 15.0. The van der Waals surface area contributed by atoms with Gasteiger partial charge in [-0.2, -0.15) is 4.98 Å². The van der Waals surface area contributed by atoms with Crippen molar-refractivity contribution in [3.63, 3.8) is 0 Å². The lowest BCUT2D eigenvalue weighted by molar-refractivity contribution is 0.0695. The monoisotopic (exact) mass is 376 g/mol. The molecule has 4 rings (SSSR count). The van der Waals surface area contributed by atoms with E-state index < -0.39 is 0 Å². The second-order valence-electron chi connectivity index (χ2n) is 6.71. The molecule has 1 aliphatic rings. The maximum absolute atomic E-state index is 13.1. The number of piperidine rings is 1. The lowest BCUT2D eigenvalue weighted by atomic mass is 9.97. The Morgan fingerprint density at radius 2 is 1.93 bits per heavy atom. The van der Waals surface area contributed by atoms with Crippen LogP contribution < -0.4 is 0 Å². The highest BCUT2D eigenvalue weighted by Gasteiger charge is 2.29. The summed E-state index contributed by atoms with van der Waals surface area (Å²) < 4.78 is 18.5. The van der Waals surface area contributed by atoms with Crippen molar-refractivity contribution in [3.05, 3.63) is 77.2 Å². The molecule has 1 amide bonds. The molecule has 140 valence electrons. The summed E-state index contributed by atoms with van der Waals surface area (Å²) in [6.45, 7) is 8.16. The Hall–Kier alpha value is -3.53. The van der Waals surface area contributed by atoms with Crippen LogP contribution in [0.15, 0.2) is 53.1 Å². The van der Waals surface area contributed by atoms with Crippen LogP contribution in [-0.4, -0.2) is 34.0 Å². The number of hydrogen-bond acceptors (Lipinski definition) is 4. The molecule has 0 saturated carbocycles. The summed E-state index contributed by atoms with van der Waals surface area (Å²) in [4.78, 5) is 22.4. The first-order valence-corrected chi connectivity index (χ1v) is 9.00. The highest BCUT2D eigenvalue weighted by atomic mass is 19.1. The minimum Gasteiger partial charge on any atom is -0.339 e. The van der Waals surface area contributed by atoms with E-state index >= 15 is 0 Å². The van der Waals surface area contributed by atoms with Crippen molar-refractivity contribution in [2.45, 2.75) is 18.8 Å². The van der Waals surface area contributed by atoms with Crippen molar-refractivity contribution < 1.29 is 13.7 Å². The molecule has 0 unspecified atom stereocenters. The maximum atomic E-state index is 13.1. The van der Waals surface area contributed by atoms with Gasteiger partial charge in [0, 0.05) is 24.2 Å².